The van der Waals surface area contributed by atoms with Crippen LogP contribution in [-0.4, -0.2) is 15.1 Å². The van der Waals surface area contributed by atoms with Gasteiger partial charge in [0.05, 0.1) is 18.5 Å². The number of aliphatic hydroxyl groups excluding tert-OH is 1. The average Bonchev–Trinajstić information content (AvgIpc) is 2.79. The van der Waals surface area contributed by atoms with E-state index in [0.717, 1.165) is 17.4 Å². The Morgan fingerprint density at radius 1 is 1.38 bits per heavy atom. The van der Waals surface area contributed by atoms with E-state index in [4.69, 9.17) is 5.11 Å². The molecule has 1 fully saturated rings. The normalized spacial score (nSPS) is 25.9. The van der Waals surface area contributed by atoms with Crippen molar-refractivity contribution in [2.45, 2.75) is 58.0 Å². The molecule has 0 amide bonds. The standard InChI is InChI=1S/C13H22N2O/c1-2-3-10-4-6-11(7-5-10)13-14-8-12(9-16)15-13/h8,10-11,16H,2-7,9H2,1H3,(H,14,15). The second kappa shape index (κ2) is 5.48. The molecule has 1 heterocycles. The lowest BCUT2D eigenvalue weighted by Gasteiger charge is -2.27. The highest BCUT2D eigenvalue weighted by molar-refractivity contribution is 5.05. The summed E-state index contributed by atoms with van der Waals surface area (Å²) in [6.07, 6.45) is 9.64. The Morgan fingerprint density at radius 2 is 2.12 bits per heavy atom. The number of H-pyrrole nitrogens is 1. The molecule has 0 bridgehead atoms. The molecule has 0 saturated heterocycles. The fourth-order valence-corrected chi connectivity index (χ4v) is 2.80. The maximum Gasteiger partial charge on any atom is 0.109 e. The van der Waals surface area contributed by atoms with Gasteiger partial charge in [0.1, 0.15) is 5.82 Å². The first kappa shape index (κ1) is 11.6. The van der Waals surface area contributed by atoms with Gasteiger partial charge in [0.25, 0.3) is 0 Å². The molecule has 0 atom stereocenters. The molecule has 3 heteroatoms. The van der Waals surface area contributed by atoms with Crippen molar-refractivity contribution in [3.8, 4) is 0 Å². The van der Waals surface area contributed by atoms with Crippen molar-refractivity contribution in [3.63, 3.8) is 0 Å². The summed E-state index contributed by atoms with van der Waals surface area (Å²) in [5, 5.41) is 8.99. The predicted molar refractivity (Wildman–Crippen MR) is 64.1 cm³/mol. The quantitative estimate of drug-likeness (QED) is 0.822. The van der Waals surface area contributed by atoms with E-state index in [2.05, 4.69) is 16.9 Å². The number of aromatic nitrogens is 2. The van der Waals surface area contributed by atoms with Crippen molar-refractivity contribution in [1.82, 2.24) is 9.97 Å². The summed E-state index contributed by atoms with van der Waals surface area (Å²) >= 11 is 0. The predicted octanol–water partition coefficient (Wildman–Crippen LogP) is 2.98. The molecule has 0 aliphatic heterocycles. The average molecular weight is 222 g/mol. The smallest absolute Gasteiger partial charge is 0.109 e. The summed E-state index contributed by atoms with van der Waals surface area (Å²) in [5.74, 6) is 2.61. The molecular weight excluding hydrogens is 200 g/mol. The van der Waals surface area contributed by atoms with E-state index in [0.29, 0.717) is 5.92 Å². The van der Waals surface area contributed by atoms with Gasteiger partial charge in [0.2, 0.25) is 0 Å². The lowest BCUT2D eigenvalue weighted by atomic mass is 9.80. The Morgan fingerprint density at radius 3 is 2.69 bits per heavy atom. The molecular formula is C13H22N2O. The molecule has 1 aromatic rings. The van der Waals surface area contributed by atoms with Crippen molar-refractivity contribution in [2.75, 3.05) is 0 Å². The summed E-state index contributed by atoms with van der Waals surface area (Å²) < 4.78 is 0. The van der Waals surface area contributed by atoms with Crippen molar-refractivity contribution in [1.29, 1.82) is 0 Å². The van der Waals surface area contributed by atoms with Gasteiger partial charge >= 0.3 is 0 Å². The first-order valence-corrected chi connectivity index (χ1v) is 6.48. The highest BCUT2D eigenvalue weighted by Crippen LogP contribution is 2.36. The molecule has 0 aromatic carbocycles. The zero-order chi connectivity index (χ0) is 11.4. The van der Waals surface area contributed by atoms with Crippen LogP contribution in [0.15, 0.2) is 6.20 Å². The lowest BCUT2D eigenvalue weighted by Crippen LogP contribution is -2.14. The largest absolute Gasteiger partial charge is 0.390 e. The van der Waals surface area contributed by atoms with Crippen LogP contribution >= 0.6 is 0 Å². The monoisotopic (exact) mass is 222 g/mol. The summed E-state index contributed by atoms with van der Waals surface area (Å²) in [7, 11) is 0. The van der Waals surface area contributed by atoms with Gasteiger partial charge in [-0.05, 0) is 31.6 Å². The van der Waals surface area contributed by atoms with E-state index in [1.54, 1.807) is 6.20 Å². The van der Waals surface area contributed by atoms with E-state index < -0.39 is 0 Å². The van der Waals surface area contributed by atoms with Crippen LogP contribution in [0.5, 0.6) is 0 Å². The van der Waals surface area contributed by atoms with Gasteiger partial charge in [-0.25, -0.2) is 4.98 Å². The SMILES string of the molecule is CCCC1CCC(c2ncc(CO)[nH]2)CC1. The molecule has 0 unspecified atom stereocenters. The third-order valence-electron chi connectivity index (χ3n) is 3.75. The van der Waals surface area contributed by atoms with Gasteiger partial charge in [-0.15, -0.1) is 0 Å². The number of aliphatic hydroxyl groups is 1. The Kier molecular flexibility index (Phi) is 3.99. The van der Waals surface area contributed by atoms with E-state index in [9.17, 15) is 0 Å². The minimum Gasteiger partial charge on any atom is -0.390 e. The molecule has 0 radical (unpaired) electrons. The van der Waals surface area contributed by atoms with Crippen LogP contribution in [0.3, 0.4) is 0 Å². The number of aromatic amines is 1. The molecule has 1 aliphatic carbocycles. The molecule has 2 rings (SSSR count). The van der Waals surface area contributed by atoms with Crippen LogP contribution in [0.4, 0.5) is 0 Å². The molecule has 1 saturated carbocycles. The number of hydrogen-bond acceptors (Lipinski definition) is 2. The topological polar surface area (TPSA) is 48.9 Å². The fourth-order valence-electron chi connectivity index (χ4n) is 2.80. The highest BCUT2D eigenvalue weighted by Gasteiger charge is 2.23. The molecule has 1 aliphatic rings. The van der Waals surface area contributed by atoms with Crippen molar-refractivity contribution < 1.29 is 5.11 Å². The molecule has 1 aromatic heterocycles. The zero-order valence-electron chi connectivity index (χ0n) is 10.1. The summed E-state index contributed by atoms with van der Waals surface area (Å²) in [6, 6.07) is 0. The molecule has 3 nitrogen and oxygen atoms in total. The van der Waals surface area contributed by atoms with E-state index in [-0.39, 0.29) is 6.61 Å². The van der Waals surface area contributed by atoms with Crippen LogP contribution < -0.4 is 0 Å². The zero-order valence-corrected chi connectivity index (χ0v) is 10.1. The lowest BCUT2D eigenvalue weighted by molar-refractivity contribution is 0.276. The van der Waals surface area contributed by atoms with Crippen molar-refractivity contribution in [2.24, 2.45) is 5.92 Å². The minimum absolute atomic E-state index is 0.0676. The van der Waals surface area contributed by atoms with E-state index in [1.807, 2.05) is 0 Å². The molecule has 90 valence electrons. The number of rotatable bonds is 4. The van der Waals surface area contributed by atoms with Crippen LogP contribution in [0.1, 0.15) is 62.9 Å². The molecule has 16 heavy (non-hydrogen) atoms. The number of nitrogens with one attached hydrogen (secondary N) is 1. The fraction of sp³-hybridized carbons (Fsp3) is 0.769. The summed E-state index contributed by atoms with van der Waals surface area (Å²) in [6.45, 7) is 2.34. The molecule has 2 N–H and O–H groups in total. The summed E-state index contributed by atoms with van der Waals surface area (Å²) in [5.41, 5.74) is 0.839. The van der Waals surface area contributed by atoms with Gasteiger partial charge < -0.3 is 10.1 Å². The van der Waals surface area contributed by atoms with Gasteiger partial charge in [-0.1, -0.05) is 19.8 Å². The molecule has 0 spiro atoms. The third kappa shape index (κ3) is 2.64. The van der Waals surface area contributed by atoms with Crippen molar-refractivity contribution in [3.05, 3.63) is 17.7 Å². The number of nitrogens with zero attached hydrogens (tertiary/aromatic N) is 1. The number of imidazole rings is 1. The first-order valence-electron chi connectivity index (χ1n) is 6.48. The highest BCUT2D eigenvalue weighted by atomic mass is 16.3. The minimum atomic E-state index is 0.0676. The van der Waals surface area contributed by atoms with E-state index >= 15 is 0 Å². The second-order valence-electron chi connectivity index (χ2n) is 4.96. The van der Waals surface area contributed by atoms with Crippen LogP contribution in [0.2, 0.25) is 0 Å². The van der Waals surface area contributed by atoms with Gasteiger partial charge in [0, 0.05) is 5.92 Å². The van der Waals surface area contributed by atoms with Crippen LogP contribution in [0, 0.1) is 5.92 Å². The van der Waals surface area contributed by atoms with Crippen LogP contribution in [0.25, 0.3) is 0 Å². The Labute approximate surface area is 97.3 Å². The van der Waals surface area contributed by atoms with Crippen LogP contribution in [-0.2, 0) is 6.61 Å². The first-order chi connectivity index (χ1) is 7.83. The number of hydrogen-bond donors (Lipinski definition) is 2. The Bertz CT molecular complexity index is 313. The van der Waals surface area contributed by atoms with Gasteiger partial charge in [-0.2, -0.15) is 0 Å². The maximum atomic E-state index is 8.99. The second-order valence-corrected chi connectivity index (χ2v) is 4.96. The Balaban J connectivity index is 1.88. The van der Waals surface area contributed by atoms with Gasteiger partial charge in [-0.3, -0.25) is 0 Å². The van der Waals surface area contributed by atoms with Gasteiger partial charge in [0.15, 0.2) is 0 Å². The van der Waals surface area contributed by atoms with Crippen molar-refractivity contribution >= 4 is 0 Å². The Hall–Kier alpha value is -0.830. The maximum absolute atomic E-state index is 8.99. The van der Waals surface area contributed by atoms with E-state index in [1.165, 1.54) is 38.5 Å². The summed E-state index contributed by atoms with van der Waals surface area (Å²) in [4.78, 5) is 7.58. The third-order valence-corrected chi connectivity index (χ3v) is 3.75.